The molecule has 0 aromatic rings. The Kier molecular flexibility index (Phi) is 5.97. The van der Waals surface area contributed by atoms with Gasteiger partial charge in [-0.25, -0.2) is 0 Å². The van der Waals surface area contributed by atoms with Gasteiger partial charge in [-0.1, -0.05) is 32.1 Å². The molecule has 0 radical (unpaired) electrons. The van der Waals surface area contributed by atoms with E-state index < -0.39 is 0 Å². The van der Waals surface area contributed by atoms with Gasteiger partial charge in [-0.05, 0) is 45.6 Å². The van der Waals surface area contributed by atoms with E-state index in [-0.39, 0.29) is 0 Å². The third-order valence-electron chi connectivity index (χ3n) is 5.24. The predicted octanol–water partition coefficient (Wildman–Crippen LogP) is 3.42. The van der Waals surface area contributed by atoms with Gasteiger partial charge in [0.2, 0.25) is 0 Å². The van der Waals surface area contributed by atoms with E-state index in [4.69, 9.17) is 0 Å². The zero-order valence-corrected chi connectivity index (χ0v) is 12.5. The molecule has 0 aromatic carbocycles. The van der Waals surface area contributed by atoms with Gasteiger partial charge < -0.3 is 10.2 Å². The van der Waals surface area contributed by atoms with Crippen LogP contribution in [0.3, 0.4) is 0 Å². The third kappa shape index (κ3) is 4.24. The van der Waals surface area contributed by atoms with Gasteiger partial charge in [0.1, 0.15) is 0 Å². The number of nitrogens with one attached hydrogen (secondary N) is 1. The second kappa shape index (κ2) is 7.49. The first-order valence-corrected chi connectivity index (χ1v) is 8.21. The summed E-state index contributed by atoms with van der Waals surface area (Å²) < 4.78 is 0. The van der Waals surface area contributed by atoms with Crippen molar-refractivity contribution < 1.29 is 0 Å². The van der Waals surface area contributed by atoms with Gasteiger partial charge in [-0.15, -0.1) is 0 Å². The van der Waals surface area contributed by atoms with Crippen molar-refractivity contribution in [3.05, 3.63) is 0 Å². The number of hydrogen-bond donors (Lipinski definition) is 1. The van der Waals surface area contributed by atoms with E-state index >= 15 is 0 Å². The molecule has 2 fully saturated rings. The molecule has 2 aliphatic carbocycles. The maximum absolute atomic E-state index is 3.77. The SMILES string of the molecule is CC(NCCN(C)C1CCCC1)C1CCCCC1. The monoisotopic (exact) mass is 252 g/mol. The van der Waals surface area contributed by atoms with Crippen LogP contribution in [0.25, 0.3) is 0 Å². The molecule has 2 heteroatoms. The Morgan fingerprint density at radius 2 is 1.61 bits per heavy atom. The zero-order valence-electron chi connectivity index (χ0n) is 12.5. The molecule has 1 N–H and O–H groups in total. The molecule has 2 aliphatic rings. The molecular weight excluding hydrogens is 220 g/mol. The van der Waals surface area contributed by atoms with E-state index in [2.05, 4.69) is 24.2 Å². The fourth-order valence-corrected chi connectivity index (χ4v) is 3.80. The highest BCUT2D eigenvalue weighted by Gasteiger charge is 2.21. The summed E-state index contributed by atoms with van der Waals surface area (Å²) in [6, 6.07) is 1.60. The molecule has 1 atom stereocenters. The van der Waals surface area contributed by atoms with Crippen molar-refractivity contribution >= 4 is 0 Å². The van der Waals surface area contributed by atoms with Crippen LogP contribution in [-0.4, -0.2) is 37.1 Å². The molecule has 106 valence electrons. The lowest BCUT2D eigenvalue weighted by Gasteiger charge is -2.30. The Balaban J connectivity index is 1.58. The predicted molar refractivity (Wildman–Crippen MR) is 78.9 cm³/mol. The number of hydrogen-bond acceptors (Lipinski definition) is 2. The second-order valence-electron chi connectivity index (χ2n) is 6.56. The van der Waals surface area contributed by atoms with Crippen LogP contribution in [0.5, 0.6) is 0 Å². The molecule has 0 spiro atoms. The minimum Gasteiger partial charge on any atom is -0.313 e. The lowest BCUT2D eigenvalue weighted by molar-refractivity contribution is 0.228. The molecule has 2 saturated carbocycles. The third-order valence-corrected chi connectivity index (χ3v) is 5.24. The van der Waals surface area contributed by atoms with Gasteiger partial charge in [0, 0.05) is 25.2 Å². The Hall–Kier alpha value is -0.0800. The van der Waals surface area contributed by atoms with Crippen LogP contribution in [0.2, 0.25) is 0 Å². The average molecular weight is 252 g/mol. The number of nitrogens with zero attached hydrogens (tertiary/aromatic N) is 1. The topological polar surface area (TPSA) is 15.3 Å². The van der Waals surface area contributed by atoms with E-state index in [0.717, 1.165) is 18.0 Å². The Bertz CT molecular complexity index is 217. The van der Waals surface area contributed by atoms with Gasteiger partial charge in [-0.3, -0.25) is 0 Å². The van der Waals surface area contributed by atoms with E-state index in [0.29, 0.717) is 0 Å². The van der Waals surface area contributed by atoms with E-state index in [9.17, 15) is 0 Å². The van der Waals surface area contributed by atoms with Crippen LogP contribution in [0.15, 0.2) is 0 Å². The first-order valence-electron chi connectivity index (χ1n) is 8.21. The standard InChI is InChI=1S/C16H32N2/c1-14(15-8-4-3-5-9-15)17-12-13-18(2)16-10-6-7-11-16/h14-17H,3-13H2,1-2H3. The molecule has 1 unspecified atom stereocenters. The highest BCUT2D eigenvalue weighted by Crippen LogP contribution is 2.26. The minimum absolute atomic E-state index is 0.724. The fraction of sp³-hybridized carbons (Fsp3) is 1.00. The van der Waals surface area contributed by atoms with Crippen molar-refractivity contribution in [1.29, 1.82) is 0 Å². The van der Waals surface area contributed by atoms with Crippen molar-refractivity contribution in [2.45, 2.75) is 76.8 Å². The van der Waals surface area contributed by atoms with Gasteiger partial charge in [0.15, 0.2) is 0 Å². The molecule has 2 nitrogen and oxygen atoms in total. The fourth-order valence-electron chi connectivity index (χ4n) is 3.80. The highest BCUT2D eigenvalue weighted by molar-refractivity contribution is 4.78. The Morgan fingerprint density at radius 1 is 1.00 bits per heavy atom. The van der Waals surface area contributed by atoms with E-state index in [1.807, 2.05) is 0 Å². The summed E-state index contributed by atoms with van der Waals surface area (Å²) in [6.07, 6.45) is 13.0. The molecule has 0 aromatic heterocycles. The number of rotatable bonds is 6. The largest absolute Gasteiger partial charge is 0.313 e. The summed E-state index contributed by atoms with van der Waals surface area (Å²) in [5.41, 5.74) is 0. The summed E-state index contributed by atoms with van der Waals surface area (Å²) in [5.74, 6) is 0.940. The molecule has 0 saturated heterocycles. The highest BCUT2D eigenvalue weighted by atomic mass is 15.1. The van der Waals surface area contributed by atoms with Crippen LogP contribution in [0.4, 0.5) is 0 Å². The van der Waals surface area contributed by atoms with Crippen LogP contribution in [-0.2, 0) is 0 Å². The smallest absolute Gasteiger partial charge is 0.0107 e. The molecule has 0 bridgehead atoms. The van der Waals surface area contributed by atoms with Crippen LogP contribution in [0.1, 0.15) is 64.7 Å². The molecule has 18 heavy (non-hydrogen) atoms. The first-order chi connectivity index (χ1) is 8.77. The molecule has 2 rings (SSSR count). The quantitative estimate of drug-likeness (QED) is 0.779. The van der Waals surface area contributed by atoms with Gasteiger partial charge in [0.25, 0.3) is 0 Å². The van der Waals surface area contributed by atoms with E-state index in [1.165, 1.54) is 70.9 Å². The molecule has 0 heterocycles. The van der Waals surface area contributed by atoms with Crippen molar-refractivity contribution in [2.24, 2.45) is 5.92 Å². The molecule has 0 amide bonds. The average Bonchev–Trinajstić information content (AvgIpc) is 2.93. The van der Waals surface area contributed by atoms with Crippen LogP contribution < -0.4 is 5.32 Å². The second-order valence-corrected chi connectivity index (χ2v) is 6.56. The number of likely N-dealkylation sites (N-methyl/N-ethyl adjacent to an activating group) is 1. The minimum atomic E-state index is 0.724. The van der Waals surface area contributed by atoms with Crippen molar-refractivity contribution in [3.8, 4) is 0 Å². The summed E-state index contributed by atoms with van der Waals surface area (Å²) in [6.45, 7) is 4.79. The summed E-state index contributed by atoms with van der Waals surface area (Å²) in [4.78, 5) is 2.58. The van der Waals surface area contributed by atoms with Gasteiger partial charge in [-0.2, -0.15) is 0 Å². The maximum Gasteiger partial charge on any atom is 0.0107 e. The van der Waals surface area contributed by atoms with Crippen molar-refractivity contribution in [1.82, 2.24) is 10.2 Å². The molecular formula is C16H32N2. The van der Waals surface area contributed by atoms with Crippen LogP contribution in [0, 0.1) is 5.92 Å². The molecule has 0 aliphatic heterocycles. The summed E-state index contributed by atoms with van der Waals surface area (Å²) >= 11 is 0. The lowest BCUT2D eigenvalue weighted by Crippen LogP contribution is -2.41. The first kappa shape index (κ1) is 14.3. The summed E-state index contributed by atoms with van der Waals surface area (Å²) in [5, 5.41) is 3.77. The maximum atomic E-state index is 3.77. The zero-order chi connectivity index (χ0) is 12.8. The van der Waals surface area contributed by atoms with Gasteiger partial charge in [0.05, 0.1) is 0 Å². The Morgan fingerprint density at radius 3 is 2.28 bits per heavy atom. The van der Waals surface area contributed by atoms with Crippen LogP contribution >= 0.6 is 0 Å². The van der Waals surface area contributed by atoms with Gasteiger partial charge >= 0.3 is 0 Å². The lowest BCUT2D eigenvalue weighted by atomic mass is 9.84. The van der Waals surface area contributed by atoms with Crippen molar-refractivity contribution in [3.63, 3.8) is 0 Å². The summed E-state index contributed by atoms with van der Waals surface area (Å²) in [7, 11) is 2.31. The Labute approximate surface area is 114 Å². The van der Waals surface area contributed by atoms with E-state index in [1.54, 1.807) is 0 Å². The normalized spacial score (nSPS) is 24.8. The van der Waals surface area contributed by atoms with Crippen molar-refractivity contribution in [2.75, 3.05) is 20.1 Å².